The second-order valence-corrected chi connectivity index (χ2v) is 9.93. The van der Waals surface area contributed by atoms with Crippen LogP contribution in [0.4, 0.5) is 0 Å². The van der Waals surface area contributed by atoms with Crippen LogP contribution in [0.15, 0.2) is 67.2 Å². The van der Waals surface area contributed by atoms with E-state index in [0.717, 1.165) is 31.2 Å². The SMILES string of the molecule is O=c1[nH]c(CSc2nc3ccccc3c(=O)n2C2CCCC2)nc2scc(-c3ccco3)c12. The zero-order valence-electron chi connectivity index (χ0n) is 17.6. The normalized spacial score (nSPS) is 14.5. The van der Waals surface area contributed by atoms with E-state index in [0.29, 0.717) is 43.6 Å². The van der Waals surface area contributed by atoms with Gasteiger partial charge in [0.2, 0.25) is 0 Å². The molecule has 0 radical (unpaired) electrons. The van der Waals surface area contributed by atoms with Crippen molar-refractivity contribution in [3.63, 3.8) is 0 Å². The van der Waals surface area contributed by atoms with Crippen molar-refractivity contribution in [3.05, 3.63) is 74.6 Å². The number of H-pyrrole nitrogens is 1. The number of nitrogens with one attached hydrogen (secondary N) is 1. The molecule has 0 spiro atoms. The van der Waals surface area contributed by atoms with E-state index in [1.807, 2.05) is 40.3 Å². The maximum absolute atomic E-state index is 13.3. The zero-order valence-corrected chi connectivity index (χ0v) is 19.2. The highest BCUT2D eigenvalue weighted by atomic mass is 32.2. The van der Waals surface area contributed by atoms with E-state index in [-0.39, 0.29) is 17.2 Å². The van der Waals surface area contributed by atoms with E-state index < -0.39 is 0 Å². The van der Waals surface area contributed by atoms with Crippen LogP contribution in [0.5, 0.6) is 0 Å². The summed E-state index contributed by atoms with van der Waals surface area (Å²) in [6.07, 6.45) is 5.80. The number of hydrogen-bond acceptors (Lipinski definition) is 7. The minimum atomic E-state index is -0.192. The van der Waals surface area contributed by atoms with E-state index in [2.05, 4.69) is 9.97 Å². The van der Waals surface area contributed by atoms with Crippen LogP contribution in [0.25, 0.3) is 32.4 Å². The number of para-hydroxylation sites is 1. The number of benzene rings is 1. The Hall–Kier alpha value is -3.17. The van der Waals surface area contributed by atoms with Crippen LogP contribution in [0, 0.1) is 0 Å². The number of rotatable bonds is 5. The summed E-state index contributed by atoms with van der Waals surface area (Å²) in [6, 6.07) is 11.3. The predicted octanol–water partition coefficient (Wildman–Crippen LogP) is 5.36. The van der Waals surface area contributed by atoms with Gasteiger partial charge in [-0.3, -0.25) is 14.2 Å². The Bertz CT molecular complexity index is 1580. The largest absolute Gasteiger partial charge is 0.464 e. The van der Waals surface area contributed by atoms with Gasteiger partial charge in [0.15, 0.2) is 5.16 Å². The Morgan fingerprint density at radius 3 is 2.79 bits per heavy atom. The van der Waals surface area contributed by atoms with Crippen LogP contribution >= 0.6 is 23.1 Å². The van der Waals surface area contributed by atoms with E-state index in [4.69, 9.17) is 9.40 Å². The first kappa shape index (κ1) is 20.4. The lowest BCUT2D eigenvalue weighted by molar-refractivity contribution is 0.457. The maximum Gasteiger partial charge on any atom is 0.262 e. The van der Waals surface area contributed by atoms with Crippen LogP contribution in [-0.4, -0.2) is 19.5 Å². The topological polar surface area (TPSA) is 93.8 Å². The number of thioether (sulfide) groups is 1. The number of fused-ring (bicyclic) bond motifs is 2. The van der Waals surface area contributed by atoms with Gasteiger partial charge in [-0.25, -0.2) is 9.97 Å². The van der Waals surface area contributed by atoms with Gasteiger partial charge >= 0.3 is 0 Å². The third-order valence-electron chi connectivity index (χ3n) is 6.08. The maximum atomic E-state index is 13.3. The lowest BCUT2D eigenvalue weighted by Gasteiger charge is -2.18. The van der Waals surface area contributed by atoms with E-state index in [1.165, 1.54) is 23.1 Å². The molecule has 1 N–H and O–H groups in total. The summed E-state index contributed by atoms with van der Waals surface area (Å²) in [5.74, 6) is 1.62. The molecule has 0 unspecified atom stereocenters. The predicted molar refractivity (Wildman–Crippen MR) is 131 cm³/mol. The fourth-order valence-corrected chi connectivity index (χ4v) is 6.40. The van der Waals surface area contributed by atoms with Crippen molar-refractivity contribution in [2.24, 2.45) is 0 Å². The molecular formula is C24H20N4O3S2. The van der Waals surface area contributed by atoms with Gasteiger partial charge in [-0.05, 0) is 37.1 Å². The molecule has 0 saturated heterocycles. The molecule has 1 fully saturated rings. The number of aromatic nitrogens is 4. The van der Waals surface area contributed by atoms with E-state index >= 15 is 0 Å². The van der Waals surface area contributed by atoms with Crippen molar-refractivity contribution >= 4 is 44.2 Å². The number of thiophene rings is 1. The van der Waals surface area contributed by atoms with Crippen LogP contribution in [0.1, 0.15) is 37.5 Å². The number of nitrogens with zero attached hydrogens (tertiary/aromatic N) is 3. The van der Waals surface area contributed by atoms with Gasteiger partial charge in [0.1, 0.15) is 16.4 Å². The highest BCUT2D eigenvalue weighted by molar-refractivity contribution is 7.98. The Labute approximate surface area is 196 Å². The fourth-order valence-electron chi connectivity index (χ4n) is 4.52. The van der Waals surface area contributed by atoms with Gasteiger partial charge in [0.05, 0.1) is 28.3 Å². The summed E-state index contributed by atoms with van der Waals surface area (Å²) >= 11 is 2.86. The standard InChI is InChI=1S/C24H20N4O3S2/c29-21-20-16(18-10-5-11-31-18)12-32-22(20)27-19(26-21)13-33-24-25-17-9-4-3-8-15(17)23(30)28(24)14-6-1-2-7-14/h3-5,8-12,14H,1-2,6-7,13H2,(H,26,27,29). The lowest BCUT2D eigenvalue weighted by atomic mass is 10.2. The molecule has 1 saturated carbocycles. The molecule has 0 bridgehead atoms. The van der Waals surface area contributed by atoms with Crippen molar-refractivity contribution in [1.82, 2.24) is 19.5 Å². The first-order valence-corrected chi connectivity index (χ1v) is 12.7. The first-order valence-electron chi connectivity index (χ1n) is 10.9. The van der Waals surface area contributed by atoms with Gasteiger partial charge in [-0.15, -0.1) is 11.3 Å². The molecular weight excluding hydrogens is 456 g/mol. The highest BCUT2D eigenvalue weighted by Gasteiger charge is 2.23. The van der Waals surface area contributed by atoms with E-state index in [1.54, 1.807) is 12.3 Å². The van der Waals surface area contributed by atoms with Crippen LogP contribution in [-0.2, 0) is 5.75 Å². The smallest absolute Gasteiger partial charge is 0.262 e. The molecule has 4 heterocycles. The molecule has 1 aliphatic rings. The molecule has 33 heavy (non-hydrogen) atoms. The Balaban J connectivity index is 1.37. The van der Waals surface area contributed by atoms with Gasteiger partial charge in [0, 0.05) is 17.0 Å². The molecule has 5 aromatic rings. The molecule has 1 aliphatic carbocycles. The highest BCUT2D eigenvalue weighted by Crippen LogP contribution is 2.34. The van der Waals surface area contributed by atoms with Gasteiger partial charge < -0.3 is 9.40 Å². The van der Waals surface area contributed by atoms with Crippen LogP contribution in [0.3, 0.4) is 0 Å². The minimum Gasteiger partial charge on any atom is -0.464 e. The van der Waals surface area contributed by atoms with Crippen molar-refractivity contribution in [2.45, 2.75) is 42.6 Å². The first-order chi connectivity index (χ1) is 16.2. The summed E-state index contributed by atoms with van der Waals surface area (Å²) in [6.45, 7) is 0. The number of aromatic amines is 1. The second kappa shape index (κ2) is 8.31. The van der Waals surface area contributed by atoms with Crippen LogP contribution < -0.4 is 11.1 Å². The average Bonchev–Trinajstić information content (AvgIpc) is 3.59. The van der Waals surface area contributed by atoms with Gasteiger partial charge in [-0.2, -0.15) is 0 Å². The Morgan fingerprint density at radius 2 is 1.97 bits per heavy atom. The molecule has 166 valence electrons. The Morgan fingerprint density at radius 1 is 1.12 bits per heavy atom. The molecule has 0 atom stereocenters. The van der Waals surface area contributed by atoms with Crippen molar-refractivity contribution in [2.75, 3.05) is 0 Å². The molecule has 7 nitrogen and oxygen atoms in total. The van der Waals surface area contributed by atoms with E-state index in [9.17, 15) is 9.59 Å². The monoisotopic (exact) mass is 476 g/mol. The van der Waals surface area contributed by atoms with Gasteiger partial charge in [0.25, 0.3) is 11.1 Å². The van der Waals surface area contributed by atoms with Gasteiger partial charge in [-0.1, -0.05) is 36.7 Å². The average molecular weight is 477 g/mol. The number of furan rings is 1. The second-order valence-electron chi connectivity index (χ2n) is 8.13. The fraction of sp³-hybridized carbons (Fsp3) is 0.250. The summed E-state index contributed by atoms with van der Waals surface area (Å²) in [7, 11) is 0. The summed E-state index contributed by atoms with van der Waals surface area (Å²) in [5.41, 5.74) is 1.26. The third-order valence-corrected chi connectivity index (χ3v) is 7.92. The van der Waals surface area contributed by atoms with Crippen LogP contribution in [0.2, 0.25) is 0 Å². The quantitative estimate of drug-likeness (QED) is 0.271. The minimum absolute atomic E-state index is 0.00764. The molecule has 6 rings (SSSR count). The molecule has 0 aliphatic heterocycles. The molecule has 4 aromatic heterocycles. The summed E-state index contributed by atoms with van der Waals surface area (Å²) in [5, 5.41) is 3.75. The molecule has 1 aromatic carbocycles. The van der Waals surface area contributed by atoms with Crippen molar-refractivity contribution in [1.29, 1.82) is 0 Å². The molecule has 0 amide bonds. The molecule has 9 heteroatoms. The van der Waals surface area contributed by atoms with Crippen molar-refractivity contribution < 1.29 is 4.42 Å². The lowest BCUT2D eigenvalue weighted by Crippen LogP contribution is -2.26. The van der Waals surface area contributed by atoms with Crippen molar-refractivity contribution in [3.8, 4) is 11.3 Å². The third kappa shape index (κ3) is 3.61. The summed E-state index contributed by atoms with van der Waals surface area (Å²) in [4.78, 5) is 39.3. The number of hydrogen-bond donors (Lipinski definition) is 1. The Kier molecular flexibility index (Phi) is 5.15. The zero-order chi connectivity index (χ0) is 22.4. The summed E-state index contributed by atoms with van der Waals surface area (Å²) < 4.78 is 7.32.